The van der Waals surface area contributed by atoms with E-state index < -0.39 is 10.0 Å². The van der Waals surface area contributed by atoms with Crippen molar-refractivity contribution < 1.29 is 13.2 Å². The molecule has 2 rings (SSSR count). The monoisotopic (exact) mass is 367 g/mol. The van der Waals surface area contributed by atoms with Crippen LogP contribution in [0.2, 0.25) is 0 Å². The lowest BCUT2D eigenvalue weighted by Gasteiger charge is -2.11. The van der Waals surface area contributed by atoms with Crippen molar-refractivity contribution >= 4 is 27.0 Å². The molecular formula is C16H25N5O3S. The molecule has 1 aromatic carbocycles. The maximum atomic E-state index is 12.2. The molecule has 0 saturated carbocycles. The van der Waals surface area contributed by atoms with E-state index in [1.54, 1.807) is 18.2 Å². The summed E-state index contributed by atoms with van der Waals surface area (Å²) in [6, 6.07) is 4.80. The van der Waals surface area contributed by atoms with Crippen LogP contribution in [0.5, 0.6) is 0 Å². The van der Waals surface area contributed by atoms with Crippen molar-refractivity contribution in [3.8, 4) is 0 Å². The maximum absolute atomic E-state index is 12.2. The second-order valence-corrected chi connectivity index (χ2v) is 8.38. The molecule has 0 radical (unpaired) electrons. The maximum Gasteiger partial charge on any atom is 0.242 e. The lowest BCUT2D eigenvalue weighted by molar-refractivity contribution is -0.121. The highest BCUT2D eigenvalue weighted by molar-refractivity contribution is 7.89. The minimum Gasteiger partial charge on any atom is -0.352 e. The number of hydrogen-bond acceptors (Lipinski definition) is 5. The van der Waals surface area contributed by atoms with E-state index in [0.717, 1.165) is 11.3 Å². The zero-order chi connectivity index (χ0) is 18.8. The first kappa shape index (κ1) is 19.4. The molecule has 0 spiro atoms. The number of amides is 1. The molecule has 2 aromatic rings. The van der Waals surface area contributed by atoms with E-state index >= 15 is 0 Å². The van der Waals surface area contributed by atoms with E-state index in [0.29, 0.717) is 24.9 Å². The Labute approximate surface area is 148 Å². The van der Waals surface area contributed by atoms with Gasteiger partial charge >= 0.3 is 0 Å². The molecule has 0 fully saturated rings. The first-order valence-corrected chi connectivity index (χ1v) is 9.48. The molecule has 8 nitrogen and oxygen atoms in total. The molecule has 25 heavy (non-hydrogen) atoms. The van der Waals surface area contributed by atoms with Gasteiger partial charge in [-0.2, -0.15) is 0 Å². The van der Waals surface area contributed by atoms with E-state index in [-0.39, 0.29) is 16.8 Å². The van der Waals surface area contributed by atoms with Crippen molar-refractivity contribution in [3.05, 3.63) is 24.0 Å². The van der Waals surface area contributed by atoms with Gasteiger partial charge < -0.3 is 15.6 Å². The van der Waals surface area contributed by atoms with Gasteiger partial charge in [-0.25, -0.2) is 17.7 Å². The number of nitrogens with zero attached hydrogens (tertiary/aromatic N) is 3. The van der Waals surface area contributed by atoms with E-state index in [1.807, 2.05) is 18.5 Å². The molecular weight excluding hydrogens is 342 g/mol. The van der Waals surface area contributed by atoms with E-state index in [4.69, 9.17) is 5.73 Å². The Morgan fingerprint density at radius 1 is 1.40 bits per heavy atom. The third kappa shape index (κ3) is 4.17. The number of hydrogen-bond donors (Lipinski definition) is 2. The van der Waals surface area contributed by atoms with Gasteiger partial charge in [0, 0.05) is 46.6 Å². The lowest BCUT2D eigenvalue weighted by Crippen LogP contribution is -2.37. The average molecular weight is 367 g/mol. The van der Waals surface area contributed by atoms with Crippen LogP contribution in [0.15, 0.2) is 23.1 Å². The summed E-state index contributed by atoms with van der Waals surface area (Å²) in [6.07, 6.45) is 0.758. The zero-order valence-corrected chi connectivity index (χ0v) is 15.8. The van der Waals surface area contributed by atoms with Crippen molar-refractivity contribution in [3.63, 3.8) is 0 Å². The number of nitrogens with two attached hydrogens (primary N) is 1. The molecule has 9 heteroatoms. The Kier molecular flexibility index (Phi) is 5.81. The van der Waals surface area contributed by atoms with Gasteiger partial charge in [0.05, 0.1) is 15.9 Å². The highest BCUT2D eigenvalue weighted by Gasteiger charge is 2.19. The fraction of sp³-hybridized carbons (Fsp3) is 0.500. The standard InChI is InChI=1S/C16H25N5O3S/c1-11(10-17)18-16(22)8-7-15-19-13-9-12(25(23,24)20(2)3)5-6-14(13)21(15)4/h5-6,9,11H,7-8,10,17H2,1-4H3,(H,18,22)/t11-/m0/s1. The second kappa shape index (κ2) is 7.51. The fourth-order valence-corrected chi connectivity index (χ4v) is 3.38. The molecule has 1 amide bonds. The summed E-state index contributed by atoms with van der Waals surface area (Å²) in [7, 11) is 1.33. The van der Waals surface area contributed by atoms with Crippen LogP contribution < -0.4 is 11.1 Å². The number of fused-ring (bicyclic) bond motifs is 1. The van der Waals surface area contributed by atoms with Gasteiger partial charge in [0.25, 0.3) is 0 Å². The first-order valence-electron chi connectivity index (χ1n) is 8.04. The minimum atomic E-state index is -3.51. The van der Waals surface area contributed by atoms with Gasteiger partial charge in [0.2, 0.25) is 15.9 Å². The first-order chi connectivity index (χ1) is 11.7. The summed E-state index contributed by atoms with van der Waals surface area (Å²) in [5.41, 5.74) is 6.91. The van der Waals surface area contributed by atoms with Crippen LogP contribution >= 0.6 is 0 Å². The number of sulfonamides is 1. The topological polar surface area (TPSA) is 110 Å². The molecule has 1 atom stereocenters. The molecule has 1 heterocycles. The Morgan fingerprint density at radius 3 is 2.68 bits per heavy atom. The van der Waals surface area contributed by atoms with Gasteiger partial charge in [0.15, 0.2) is 0 Å². The molecule has 0 aliphatic heterocycles. The summed E-state index contributed by atoms with van der Waals surface area (Å²) in [4.78, 5) is 16.6. The molecule has 1 aromatic heterocycles. The second-order valence-electron chi connectivity index (χ2n) is 6.23. The number of aromatic nitrogens is 2. The number of nitrogens with one attached hydrogen (secondary N) is 1. The van der Waals surface area contributed by atoms with Gasteiger partial charge in [-0.1, -0.05) is 0 Å². The zero-order valence-electron chi connectivity index (χ0n) is 15.0. The predicted octanol–water partition coefficient (Wildman–Crippen LogP) is 0.220. The van der Waals surface area contributed by atoms with Crippen LogP contribution in [0.1, 0.15) is 19.2 Å². The van der Waals surface area contributed by atoms with Crippen molar-refractivity contribution in [2.75, 3.05) is 20.6 Å². The van der Waals surface area contributed by atoms with Crippen LogP contribution in [-0.2, 0) is 28.3 Å². The molecule has 0 aliphatic carbocycles. The fourth-order valence-electron chi connectivity index (χ4n) is 2.46. The van der Waals surface area contributed by atoms with E-state index in [1.165, 1.54) is 18.4 Å². The van der Waals surface area contributed by atoms with Crippen LogP contribution in [0.25, 0.3) is 11.0 Å². The highest BCUT2D eigenvalue weighted by atomic mass is 32.2. The van der Waals surface area contributed by atoms with Crippen molar-refractivity contribution in [2.24, 2.45) is 12.8 Å². The number of rotatable bonds is 7. The number of carbonyl (C=O) groups excluding carboxylic acids is 1. The predicted molar refractivity (Wildman–Crippen MR) is 96.6 cm³/mol. The lowest BCUT2D eigenvalue weighted by atomic mass is 10.2. The summed E-state index contributed by atoms with van der Waals surface area (Å²) < 4.78 is 27.5. The highest BCUT2D eigenvalue weighted by Crippen LogP contribution is 2.21. The molecule has 0 bridgehead atoms. The van der Waals surface area contributed by atoms with Crippen molar-refractivity contribution in [2.45, 2.75) is 30.7 Å². The summed E-state index contributed by atoms with van der Waals surface area (Å²) >= 11 is 0. The Balaban J connectivity index is 2.23. The molecule has 3 N–H and O–H groups in total. The normalized spacial score (nSPS) is 13.4. The van der Waals surface area contributed by atoms with Crippen LogP contribution in [0.3, 0.4) is 0 Å². The largest absolute Gasteiger partial charge is 0.352 e. The van der Waals surface area contributed by atoms with Crippen LogP contribution in [0.4, 0.5) is 0 Å². The Bertz CT molecular complexity index is 873. The van der Waals surface area contributed by atoms with Crippen molar-refractivity contribution in [1.82, 2.24) is 19.2 Å². The average Bonchev–Trinajstić information content (AvgIpc) is 2.88. The van der Waals surface area contributed by atoms with E-state index in [2.05, 4.69) is 10.3 Å². The van der Waals surface area contributed by atoms with Gasteiger partial charge in [0.1, 0.15) is 5.82 Å². The number of benzene rings is 1. The number of carbonyl (C=O) groups is 1. The third-order valence-electron chi connectivity index (χ3n) is 4.06. The summed E-state index contributed by atoms with van der Waals surface area (Å²) in [5, 5.41) is 2.81. The van der Waals surface area contributed by atoms with Crippen LogP contribution in [0, 0.1) is 0 Å². The quantitative estimate of drug-likeness (QED) is 0.727. The smallest absolute Gasteiger partial charge is 0.242 e. The number of imidazole rings is 1. The summed E-state index contributed by atoms with van der Waals surface area (Å²) in [5.74, 6) is 0.644. The molecule has 0 saturated heterocycles. The van der Waals surface area contributed by atoms with Gasteiger partial charge in [-0.15, -0.1) is 0 Å². The molecule has 138 valence electrons. The van der Waals surface area contributed by atoms with E-state index in [9.17, 15) is 13.2 Å². The van der Waals surface area contributed by atoms with Gasteiger partial charge in [-0.05, 0) is 25.1 Å². The Morgan fingerprint density at radius 2 is 2.08 bits per heavy atom. The van der Waals surface area contributed by atoms with Crippen molar-refractivity contribution in [1.29, 1.82) is 0 Å². The third-order valence-corrected chi connectivity index (χ3v) is 5.87. The SMILES string of the molecule is C[C@@H](CN)NC(=O)CCc1nc2cc(S(=O)(=O)N(C)C)ccc2n1C. The Hall–Kier alpha value is -1.97. The molecule has 0 aliphatic rings. The molecule has 0 unspecified atom stereocenters. The minimum absolute atomic E-state index is 0.0632. The van der Waals surface area contributed by atoms with Crippen LogP contribution in [-0.4, -0.2) is 54.9 Å². The number of aryl methyl sites for hydroxylation is 2. The van der Waals surface area contributed by atoms with Gasteiger partial charge in [-0.3, -0.25) is 4.79 Å². The summed E-state index contributed by atoms with van der Waals surface area (Å²) in [6.45, 7) is 2.24.